The maximum atomic E-state index is 5.31. The van der Waals surface area contributed by atoms with Crippen molar-refractivity contribution in [2.45, 2.75) is 0 Å². The molecule has 9 aromatic rings. The zero-order valence-corrected chi connectivity index (χ0v) is 21.8. The van der Waals surface area contributed by atoms with E-state index in [0.29, 0.717) is 0 Å². The number of nitrogens with zero attached hydrogens (tertiary/aromatic N) is 4. The molecule has 3 aromatic heterocycles. The molecule has 0 N–H and O–H groups in total. The molecule has 0 saturated carbocycles. The van der Waals surface area contributed by atoms with E-state index in [-0.39, 0.29) is 0 Å². The second-order valence-corrected chi connectivity index (χ2v) is 10.8. The first-order chi connectivity index (χ1) is 20.3. The van der Waals surface area contributed by atoms with Gasteiger partial charge < -0.3 is 0 Å². The fourth-order valence-electron chi connectivity index (χ4n) is 7.04. The normalized spacial score (nSPS) is 12.4. The molecule has 0 spiro atoms. The van der Waals surface area contributed by atoms with Crippen LogP contribution in [-0.2, 0) is 0 Å². The fraction of sp³-hybridized carbons (Fsp3) is 0. The lowest BCUT2D eigenvalue weighted by Gasteiger charge is -2.15. The number of hydrogen-bond donors (Lipinski definition) is 0. The van der Waals surface area contributed by atoms with Gasteiger partial charge in [0.05, 0.1) is 27.6 Å². The van der Waals surface area contributed by atoms with E-state index in [1.165, 1.54) is 48.8 Å². The molecule has 0 saturated heterocycles. The zero-order chi connectivity index (χ0) is 26.7. The average Bonchev–Trinajstić information content (AvgIpc) is 3.31. The molecule has 4 nitrogen and oxygen atoms in total. The van der Waals surface area contributed by atoms with Crippen LogP contribution in [0.25, 0.3) is 93.5 Å². The standard InChI is InChI=1S/C37H20N4/c1-2-7-23(8-3-1)36-37(40-27-11-5-4-10-26(27)39-36)41-29-12-6-9-24-25-19-20-38-28-17-15-21-13-14-22-16-18-30(41)35(34(24)29)32(22)31(21)33(25)28/h1-20H. The van der Waals surface area contributed by atoms with Crippen molar-refractivity contribution in [3.8, 4) is 28.2 Å². The first-order valence-electron chi connectivity index (χ1n) is 13.9. The summed E-state index contributed by atoms with van der Waals surface area (Å²) in [6.45, 7) is 0. The van der Waals surface area contributed by atoms with Crippen molar-refractivity contribution < 1.29 is 0 Å². The summed E-state index contributed by atoms with van der Waals surface area (Å²) in [5.74, 6) is 0.840. The maximum Gasteiger partial charge on any atom is 0.165 e. The van der Waals surface area contributed by atoms with Gasteiger partial charge in [-0.2, -0.15) is 0 Å². The maximum absolute atomic E-state index is 5.31. The Hall–Kier alpha value is -5.61. The molecule has 0 unspecified atom stereocenters. The van der Waals surface area contributed by atoms with Gasteiger partial charge in [0.25, 0.3) is 0 Å². The van der Waals surface area contributed by atoms with Gasteiger partial charge >= 0.3 is 0 Å². The van der Waals surface area contributed by atoms with Crippen molar-refractivity contribution in [3.63, 3.8) is 0 Å². The lowest BCUT2D eigenvalue weighted by atomic mass is 9.95. The molecular weight excluding hydrogens is 500 g/mol. The van der Waals surface area contributed by atoms with Gasteiger partial charge in [0, 0.05) is 38.7 Å². The predicted molar refractivity (Wildman–Crippen MR) is 169 cm³/mol. The van der Waals surface area contributed by atoms with Crippen LogP contribution in [0.5, 0.6) is 0 Å². The van der Waals surface area contributed by atoms with Crippen molar-refractivity contribution in [1.29, 1.82) is 0 Å². The minimum Gasteiger partial charge on any atom is -0.292 e. The molecule has 188 valence electrons. The molecule has 0 atom stereocenters. The Balaban J connectivity index is 1.48. The summed E-state index contributed by atoms with van der Waals surface area (Å²) >= 11 is 0. The lowest BCUT2D eigenvalue weighted by Crippen LogP contribution is -2.03. The molecule has 1 aliphatic carbocycles. The second-order valence-electron chi connectivity index (χ2n) is 10.8. The topological polar surface area (TPSA) is 43.6 Å². The van der Waals surface area contributed by atoms with E-state index >= 15 is 0 Å². The molecular formula is C37H20N4. The Morgan fingerprint density at radius 1 is 0.439 bits per heavy atom. The molecule has 0 fully saturated rings. The summed E-state index contributed by atoms with van der Waals surface area (Å²) < 4.78 is 2.33. The first kappa shape index (κ1) is 21.2. The summed E-state index contributed by atoms with van der Waals surface area (Å²) in [6, 6.07) is 40.7. The smallest absolute Gasteiger partial charge is 0.165 e. The number of benzene rings is 6. The van der Waals surface area contributed by atoms with Crippen LogP contribution in [0.3, 0.4) is 0 Å². The number of hydrogen-bond acceptors (Lipinski definition) is 3. The summed E-state index contributed by atoms with van der Waals surface area (Å²) in [4.78, 5) is 15.3. The number of rotatable bonds is 2. The van der Waals surface area contributed by atoms with Gasteiger partial charge in [0.15, 0.2) is 5.82 Å². The van der Waals surface area contributed by atoms with Crippen LogP contribution in [0, 0.1) is 0 Å². The largest absolute Gasteiger partial charge is 0.292 e. The van der Waals surface area contributed by atoms with E-state index in [4.69, 9.17) is 15.0 Å². The van der Waals surface area contributed by atoms with Crippen molar-refractivity contribution >= 4 is 65.3 Å². The van der Waals surface area contributed by atoms with Gasteiger partial charge in [0.1, 0.15) is 5.69 Å². The molecule has 0 radical (unpaired) electrons. The highest BCUT2D eigenvalue weighted by molar-refractivity contribution is 6.38. The highest BCUT2D eigenvalue weighted by atomic mass is 15.1. The Morgan fingerprint density at radius 3 is 1.98 bits per heavy atom. The van der Waals surface area contributed by atoms with Gasteiger partial charge in [-0.3, -0.25) is 9.55 Å². The van der Waals surface area contributed by atoms with Crippen LogP contribution in [0.2, 0.25) is 0 Å². The Bertz CT molecular complexity index is 2570. The van der Waals surface area contributed by atoms with Crippen LogP contribution >= 0.6 is 0 Å². The van der Waals surface area contributed by atoms with Crippen molar-refractivity contribution in [2.24, 2.45) is 0 Å². The van der Waals surface area contributed by atoms with E-state index in [1.807, 2.05) is 36.5 Å². The van der Waals surface area contributed by atoms with Crippen molar-refractivity contribution in [2.75, 3.05) is 0 Å². The van der Waals surface area contributed by atoms with Gasteiger partial charge in [-0.1, -0.05) is 78.9 Å². The second kappa shape index (κ2) is 7.52. The molecule has 3 heterocycles. The predicted octanol–water partition coefficient (Wildman–Crippen LogP) is 9.23. The van der Waals surface area contributed by atoms with E-state index in [1.54, 1.807) is 0 Å². The molecule has 41 heavy (non-hydrogen) atoms. The Labute approximate surface area is 234 Å². The van der Waals surface area contributed by atoms with E-state index in [9.17, 15) is 0 Å². The Kier molecular flexibility index (Phi) is 3.90. The van der Waals surface area contributed by atoms with E-state index < -0.39 is 0 Å². The molecule has 0 bridgehead atoms. The number of fused-ring (bicyclic) bond motifs is 2. The number of aromatic nitrogens is 4. The SMILES string of the molecule is c1ccc(-c2nc3ccccc3nc2-n2c3cccc4c3c3c5c(ccc6ccc7nccc-4c7c65)ccc32)cc1. The number of para-hydroxylation sites is 2. The van der Waals surface area contributed by atoms with Gasteiger partial charge in [-0.25, -0.2) is 9.97 Å². The fourth-order valence-corrected chi connectivity index (χ4v) is 7.04. The monoisotopic (exact) mass is 520 g/mol. The third-order valence-corrected chi connectivity index (χ3v) is 8.72. The minimum atomic E-state index is 0.840. The van der Waals surface area contributed by atoms with Crippen molar-refractivity contribution in [1.82, 2.24) is 19.5 Å². The average molecular weight is 521 g/mol. The summed E-state index contributed by atoms with van der Waals surface area (Å²) in [6.07, 6.45) is 1.94. The summed E-state index contributed by atoms with van der Waals surface area (Å²) in [5.41, 5.74) is 9.42. The highest BCUT2D eigenvalue weighted by Crippen LogP contribution is 2.49. The first-order valence-corrected chi connectivity index (χ1v) is 13.9. The molecule has 0 amide bonds. The third kappa shape index (κ3) is 2.66. The molecule has 1 aliphatic rings. The summed E-state index contributed by atoms with van der Waals surface area (Å²) in [7, 11) is 0. The highest BCUT2D eigenvalue weighted by Gasteiger charge is 2.26. The van der Waals surface area contributed by atoms with Gasteiger partial charge in [-0.15, -0.1) is 0 Å². The zero-order valence-electron chi connectivity index (χ0n) is 21.8. The Morgan fingerprint density at radius 2 is 1.12 bits per heavy atom. The van der Waals surface area contributed by atoms with Gasteiger partial charge in [0.2, 0.25) is 0 Å². The lowest BCUT2D eigenvalue weighted by molar-refractivity contribution is 1.08. The molecule has 4 heteroatoms. The van der Waals surface area contributed by atoms with Crippen LogP contribution in [-0.4, -0.2) is 19.5 Å². The molecule has 0 aliphatic heterocycles. The van der Waals surface area contributed by atoms with Crippen LogP contribution in [0.1, 0.15) is 0 Å². The van der Waals surface area contributed by atoms with Crippen LogP contribution in [0.15, 0.2) is 121 Å². The van der Waals surface area contributed by atoms with E-state index in [2.05, 4.69) is 89.5 Å². The molecule has 10 rings (SSSR count). The molecule has 6 aromatic carbocycles. The minimum absolute atomic E-state index is 0.840. The third-order valence-electron chi connectivity index (χ3n) is 8.72. The van der Waals surface area contributed by atoms with Crippen LogP contribution < -0.4 is 0 Å². The number of pyridine rings is 1. The van der Waals surface area contributed by atoms with Gasteiger partial charge in [-0.05, 0) is 58.3 Å². The van der Waals surface area contributed by atoms with Crippen molar-refractivity contribution in [3.05, 3.63) is 121 Å². The van der Waals surface area contributed by atoms with Crippen LogP contribution in [0.4, 0.5) is 0 Å². The summed E-state index contributed by atoms with van der Waals surface area (Å²) in [5, 5.41) is 8.76. The quantitative estimate of drug-likeness (QED) is 0.213. The van der Waals surface area contributed by atoms with E-state index in [0.717, 1.165) is 44.7 Å².